The molecule has 1 N–H and O–H groups in total. The largest absolute Gasteiger partial charge is 0.290 e. The summed E-state index contributed by atoms with van der Waals surface area (Å²) in [6.45, 7) is 3.53. The Hall–Kier alpha value is -2.42. The lowest BCUT2D eigenvalue weighted by molar-refractivity contribution is -0.110. The van der Waals surface area contributed by atoms with Crippen molar-refractivity contribution in [3.63, 3.8) is 0 Å². The molecule has 0 amide bonds. The topological polar surface area (TPSA) is 45.8 Å². The second-order valence-corrected chi connectivity index (χ2v) is 3.11. The number of carbonyl (C=O) groups is 1. The molecule has 86 valence electrons. The molecule has 0 aliphatic carbocycles. The number of hydrogen-bond donors (Lipinski definition) is 1. The number of nitrogens with zero attached hydrogens (tertiary/aromatic N) is 1. The van der Waals surface area contributed by atoms with Gasteiger partial charge in [0.1, 0.15) is 0 Å². The van der Waals surface area contributed by atoms with E-state index in [1.807, 2.05) is 12.1 Å². The number of ketones is 1. The third-order valence-corrected chi connectivity index (χ3v) is 1.79. The van der Waals surface area contributed by atoms with Crippen molar-refractivity contribution in [2.24, 2.45) is 0 Å². The highest BCUT2D eigenvalue weighted by molar-refractivity contribution is 5.99. The van der Waals surface area contributed by atoms with E-state index in [2.05, 4.69) is 16.8 Å². The Morgan fingerprint density at radius 2 is 1.94 bits per heavy atom. The lowest BCUT2D eigenvalue weighted by Crippen LogP contribution is -1.82. The van der Waals surface area contributed by atoms with Crippen molar-refractivity contribution < 1.29 is 4.79 Å². The van der Waals surface area contributed by atoms with Crippen molar-refractivity contribution >= 4 is 11.9 Å². The summed E-state index contributed by atoms with van der Waals surface area (Å²) in [4.78, 5) is 11.3. The number of H-pyrrole nitrogens is 1. The highest BCUT2D eigenvalue weighted by atomic mass is 16.1. The molecule has 0 atom stereocenters. The summed E-state index contributed by atoms with van der Waals surface area (Å²) >= 11 is 0. The number of carbonyl (C=O) groups excluding carboxylic acids is 1. The molecule has 1 aromatic heterocycles. The minimum absolute atomic E-state index is 0.0621. The van der Waals surface area contributed by atoms with Crippen LogP contribution in [0.5, 0.6) is 0 Å². The molecular formula is C14H14N2O. The maximum absolute atomic E-state index is 11.3. The van der Waals surface area contributed by atoms with Crippen LogP contribution in [0.25, 0.3) is 6.08 Å². The zero-order chi connectivity index (χ0) is 12.3. The van der Waals surface area contributed by atoms with Crippen LogP contribution in [0, 0.1) is 0 Å². The minimum Gasteiger partial charge on any atom is -0.290 e. The predicted molar refractivity (Wildman–Crippen MR) is 70.2 cm³/mol. The van der Waals surface area contributed by atoms with Gasteiger partial charge in [0.05, 0.1) is 5.69 Å². The standard InChI is InChI=1S/C14H14N2O/c1-2-3-4-5-9-14(17)10-7-6-8-13-11-12-15-16-13/h2-12H,1H2,(H,15,16). The first-order chi connectivity index (χ1) is 8.33. The molecule has 0 bridgehead atoms. The lowest BCUT2D eigenvalue weighted by atomic mass is 10.3. The predicted octanol–water partition coefficient (Wildman–Crippen LogP) is 2.85. The van der Waals surface area contributed by atoms with E-state index in [-0.39, 0.29) is 5.78 Å². The van der Waals surface area contributed by atoms with Crippen molar-refractivity contribution in [2.45, 2.75) is 0 Å². The van der Waals surface area contributed by atoms with Crippen molar-refractivity contribution in [3.8, 4) is 0 Å². The summed E-state index contributed by atoms with van der Waals surface area (Å²) < 4.78 is 0. The lowest BCUT2D eigenvalue weighted by Gasteiger charge is -1.81. The average molecular weight is 226 g/mol. The van der Waals surface area contributed by atoms with Gasteiger partial charge in [-0.1, -0.05) is 43.0 Å². The van der Waals surface area contributed by atoms with Gasteiger partial charge < -0.3 is 0 Å². The average Bonchev–Trinajstić information content (AvgIpc) is 2.83. The normalized spacial score (nSPS) is 12.2. The smallest absolute Gasteiger partial charge is 0.178 e. The number of nitrogens with one attached hydrogen (secondary N) is 1. The van der Waals surface area contributed by atoms with Crippen LogP contribution < -0.4 is 0 Å². The molecular weight excluding hydrogens is 212 g/mol. The third kappa shape index (κ3) is 5.89. The monoisotopic (exact) mass is 226 g/mol. The van der Waals surface area contributed by atoms with E-state index in [0.29, 0.717) is 0 Å². The number of rotatable bonds is 6. The Morgan fingerprint density at radius 3 is 2.59 bits per heavy atom. The van der Waals surface area contributed by atoms with Crippen molar-refractivity contribution in [3.05, 3.63) is 73.1 Å². The summed E-state index contributed by atoms with van der Waals surface area (Å²) in [6.07, 6.45) is 16.8. The molecule has 0 aromatic carbocycles. The fourth-order valence-corrected chi connectivity index (χ4v) is 1.02. The molecule has 0 unspecified atom stereocenters. The summed E-state index contributed by atoms with van der Waals surface area (Å²) in [5.74, 6) is -0.0621. The maximum atomic E-state index is 11.3. The molecule has 0 aliphatic heterocycles. The molecule has 0 aliphatic rings. The zero-order valence-corrected chi connectivity index (χ0v) is 9.41. The summed E-state index contributed by atoms with van der Waals surface area (Å²) in [5.41, 5.74) is 0.895. The van der Waals surface area contributed by atoms with Crippen LogP contribution in [0.3, 0.4) is 0 Å². The van der Waals surface area contributed by atoms with Crippen LogP contribution in [0.15, 0.2) is 67.5 Å². The third-order valence-electron chi connectivity index (χ3n) is 1.79. The number of allylic oxidation sites excluding steroid dienone is 8. The molecule has 0 radical (unpaired) electrons. The number of aromatic nitrogens is 2. The van der Waals surface area contributed by atoms with Crippen LogP contribution >= 0.6 is 0 Å². The molecule has 17 heavy (non-hydrogen) atoms. The van der Waals surface area contributed by atoms with Gasteiger partial charge in [0.2, 0.25) is 0 Å². The van der Waals surface area contributed by atoms with Gasteiger partial charge in [0.25, 0.3) is 0 Å². The van der Waals surface area contributed by atoms with E-state index in [0.717, 1.165) is 5.69 Å². The molecule has 0 saturated carbocycles. The molecule has 1 rings (SSSR count). The highest BCUT2D eigenvalue weighted by Gasteiger charge is 1.85. The SMILES string of the molecule is C=CC=CC=CC(=O)C=CC=Cc1ccn[nH]1. The van der Waals surface area contributed by atoms with Crippen LogP contribution in [0.4, 0.5) is 0 Å². The zero-order valence-electron chi connectivity index (χ0n) is 9.41. The van der Waals surface area contributed by atoms with Crippen molar-refractivity contribution in [1.82, 2.24) is 10.2 Å². The van der Waals surface area contributed by atoms with E-state index in [4.69, 9.17) is 0 Å². The first-order valence-corrected chi connectivity index (χ1v) is 5.17. The second-order valence-electron chi connectivity index (χ2n) is 3.11. The van der Waals surface area contributed by atoms with Gasteiger partial charge in [-0.05, 0) is 24.3 Å². The Kier molecular flexibility index (Phi) is 5.82. The first-order valence-electron chi connectivity index (χ1n) is 5.17. The van der Waals surface area contributed by atoms with E-state index in [9.17, 15) is 4.79 Å². The molecule has 0 fully saturated rings. The highest BCUT2D eigenvalue weighted by Crippen LogP contribution is 1.95. The molecule has 0 spiro atoms. The fourth-order valence-electron chi connectivity index (χ4n) is 1.02. The Bertz CT molecular complexity index is 462. The van der Waals surface area contributed by atoms with Gasteiger partial charge in [-0.2, -0.15) is 5.10 Å². The summed E-state index contributed by atoms with van der Waals surface area (Å²) in [5, 5.41) is 6.59. The van der Waals surface area contributed by atoms with Crippen LogP contribution in [0.2, 0.25) is 0 Å². The van der Waals surface area contributed by atoms with Gasteiger partial charge in [0.15, 0.2) is 5.78 Å². The maximum Gasteiger partial charge on any atom is 0.178 e. The van der Waals surface area contributed by atoms with Crippen LogP contribution in [0.1, 0.15) is 5.69 Å². The van der Waals surface area contributed by atoms with Gasteiger partial charge in [0, 0.05) is 6.20 Å². The number of hydrogen-bond acceptors (Lipinski definition) is 2. The van der Waals surface area contributed by atoms with Crippen molar-refractivity contribution in [2.75, 3.05) is 0 Å². The van der Waals surface area contributed by atoms with Gasteiger partial charge in [-0.15, -0.1) is 0 Å². The summed E-state index contributed by atoms with van der Waals surface area (Å²) in [7, 11) is 0. The van der Waals surface area contributed by atoms with E-state index in [1.165, 1.54) is 12.2 Å². The van der Waals surface area contributed by atoms with Gasteiger partial charge in [-0.25, -0.2) is 0 Å². The number of aromatic amines is 1. The Balaban J connectivity index is 2.38. The minimum atomic E-state index is -0.0621. The van der Waals surface area contributed by atoms with E-state index >= 15 is 0 Å². The van der Waals surface area contributed by atoms with Crippen LogP contribution in [-0.4, -0.2) is 16.0 Å². The Labute approximate surface area is 101 Å². The summed E-state index contributed by atoms with van der Waals surface area (Å²) in [6, 6.07) is 1.84. The Morgan fingerprint density at radius 1 is 1.18 bits per heavy atom. The molecule has 1 heterocycles. The molecule has 3 heteroatoms. The molecule has 1 aromatic rings. The van der Waals surface area contributed by atoms with Gasteiger partial charge >= 0.3 is 0 Å². The van der Waals surface area contributed by atoms with Crippen LogP contribution in [-0.2, 0) is 4.79 Å². The fraction of sp³-hybridized carbons (Fsp3) is 0. The quantitative estimate of drug-likeness (QED) is 0.599. The van der Waals surface area contributed by atoms with Gasteiger partial charge in [-0.3, -0.25) is 9.89 Å². The van der Waals surface area contributed by atoms with E-state index < -0.39 is 0 Å². The first kappa shape index (κ1) is 12.6. The van der Waals surface area contributed by atoms with Crippen molar-refractivity contribution in [1.29, 1.82) is 0 Å². The molecule has 3 nitrogen and oxygen atoms in total. The molecule has 0 saturated heterocycles. The second kappa shape index (κ2) is 7.82. The van der Waals surface area contributed by atoms with E-state index in [1.54, 1.807) is 42.7 Å².